The number of rotatable bonds is 3. The van der Waals surface area contributed by atoms with E-state index in [0.717, 1.165) is 10.5 Å². The Morgan fingerprint density at radius 1 is 1.26 bits per heavy atom. The van der Waals surface area contributed by atoms with Gasteiger partial charge in [0.2, 0.25) is 0 Å². The molecule has 1 fully saturated rings. The van der Waals surface area contributed by atoms with E-state index in [1.807, 2.05) is 19.1 Å². The second-order valence-corrected chi connectivity index (χ2v) is 5.18. The molecule has 0 atom stereocenters. The molecule has 19 heavy (non-hydrogen) atoms. The summed E-state index contributed by atoms with van der Waals surface area (Å²) < 4.78 is 0. The predicted octanol–water partition coefficient (Wildman–Crippen LogP) is 1.51. The maximum atomic E-state index is 12.1. The molecule has 1 aliphatic rings. The van der Waals surface area contributed by atoms with Gasteiger partial charge in [-0.3, -0.25) is 14.5 Å². The Labute approximate surface area is 111 Å². The summed E-state index contributed by atoms with van der Waals surface area (Å²) in [6, 6.07) is 6.60. The number of imide groups is 1. The topological polar surface area (TPSA) is 66.5 Å². The van der Waals surface area contributed by atoms with Crippen molar-refractivity contribution in [1.82, 2.24) is 10.2 Å². The van der Waals surface area contributed by atoms with Gasteiger partial charge in [0.1, 0.15) is 5.54 Å². The molecule has 0 spiro atoms. The van der Waals surface area contributed by atoms with Gasteiger partial charge in [0.25, 0.3) is 5.91 Å². The van der Waals surface area contributed by atoms with Crippen molar-refractivity contribution in [3.63, 3.8) is 0 Å². The summed E-state index contributed by atoms with van der Waals surface area (Å²) in [5, 5.41) is 2.55. The average Bonchev–Trinajstić information content (AvgIpc) is 2.52. The molecular weight excluding hydrogens is 244 g/mol. The molecule has 2 rings (SSSR count). The second kappa shape index (κ2) is 4.50. The highest BCUT2D eigenvalue weighted by molar-refractivity contribution is 6.11. The highest BCUT2D eigenvalue weighted by Gasteiger charge is 2.44. The lowest BCUT2D eigenvalue weighted by Crippen LogP contribution is -2.41. The van der Waals surface area contributed by atoms with Crippen molar-refractivity contribution in [3.05, 3.63) is 35.4 Å². The summed E-state index contributed by atoms with van der Waals surface area (Å²) in [5.41, 5.74) is 0.426. The number of carbonyl (C=O) groups is 3. The van der Waals surface area contributed by atoms with E-state index in [2.05, 4.69) is 5.32 Å². The van der Waals surface area contributed by atoms with Gasteiger partial charge in [0.15, 0.2) is 5.78 Å². The molecule has 3 amide bonds. The Kier molecular flexibility index (Phi) is 3.14. The smallest absolute Gasteiger partial charge is 0.324 e. The van der Waals surface area contributed by atoms with Crippen molar-refractivity contribution < 1.29 is 14.4 Å². The van der Waals surface area contributed by atoms with Crippen LogP contribution < -0.4 is 5.32 Å². The summed E-state index contributed by atoms with van der Waals surface area (Å²) >= 11 is 0. The number of hydrogen-bond acceptors (Lipinski definition) is 3. The third kappa shape index (κ3) is 2.36. The summed E-state index contributed by atoms with van der Waals surface area (Å²) in [6.45, 7) is 4.83. The third-order valence-corrected chi connectivity index (χ3v) is 3.19. The van der Waals surface area contributed by atoms with Gasteiger partial charge in [0, 0.05) is 5.56 Å². The number of aryl methyl sites for hydroxylation is 1. The van der Waals surface area contributed by atoms with Gasteiger partial charge < -0.3 is 5.32 Å². The summed E-state index contributed by atoms with van der Waals surface area (Å²) in [4.78, 5) is 36.8. The molecule has 0 radical (unpaired) electrons. The van der Waals surface area contributed by atoms with E-state index < -0.39 is 11.6 Å². The molecule has 1 aliphatic heterocycles. The molecule has 0 aliphatic carbocycles. The first-order valence-corrected chi connectivity index (χ1v) is 6.06. The first-order chi connectivity index (χ1) is 8.83. The van der Waals surface area contributed by atoms with Gasteiger partial charge in [-0.25, -0.2) is 4.79 Å². The number of Topliss-reactive ketones (excluding diaryl/α,β-unsaturated/α-hetero) is 1. The number of urea groups is 1. The lowest BCUT2D eigenvalue weighted by molar-refractivity contribution is -0.129. The molecule has 1 saturated heterocycles. The zero-order valence-electron chi connectivity index (χ0n) is 11.2. The fraction of sp³-hybridized carbons (Fsp3) is 0.357. The van der Waals surface area contributed by atoms with Gasteiger partial charge >= 0.3 is 6.03 Å². The van der Waals surface area contributed by atoms with Crippen LogP contribution in [0.15, 0.2) is 24.3 Å². The highest BCUT2D eigenvalue weighted by atomic mass is 16.2. The van der Waals surface area contributed by atoms with Crippen molar-refractivity contribution in [1.29, 1.82) is 0 Å². The minimum absolute atomic E-state index is 0.223. The number of benzene rings is 1. The van der Waals surface area contributed by atoms with E-state index in [-0.39, 0.29) is 18.2 Å². The second-order valence-electron chi connectivity index (χ2n) is 5.18. The maximum Gasteiger partial charge on any atom is 0.325 e. The summed E-state index contributed by atoms with van der Waals surface area (Å²) in [6.07, 6.45) is 0. The van der Waals surface area contributed by atoms with E-state index in [9.17, 15) is 14.4 Å². The maximum absolute atomic E-state index is 12.1. The average molecular weight is 260 g/mol. The van der Waals surface area contributed by atoms with E-state index in [4.69, 9.17) is 0 Å². The van der Waals surface area contributed by atoms with Gasteiger partial charge in [-0.1, -0.05) is 24.3 Å². The zero-order chi connectivity index (χ0) is 14.2. The molecule has 100 valence electrons. The number of carbonyl (C=O) groups excluding carboxylic acids is 3. The fourth-order valence-corrected chi connectivity index (χ4v) is 2.08. The van der Waals surface area contributed by atoms with E-state index in [0.29, 0.717) is 5.56 Å². The molecular formula is C14H16N2O3. The van der Waals surface area contributed by atoms with Crippen LogP contribution in [0.5, 0.6) is 0 Å². The molecule has 0 unspecified atom stereocenters. The van der Waals surface area contributed by atoms with Gasteiger partial charge in [-0.15, -0.1) is 0 Å². The Hall–Kier alpha value is -2.17. The molecule has 1 N–H and O–H groups in total. The van der Waals surface area contributed by atoms with Crippen molar-refractivity contribution in [2.75, 3.05) is 6.54 Å². The molecule has 1 heterocycles. The van der Waals surface area contributed by atoms with Crippen LogP contribution in [0.4, 0.5) is 4.79 Å². The van der Waals surface area contributed by atoms with Gasteiger partial charge in [-0.2, -0.15) is 0 Å². The Morgan fingerprint density at radius 2 is 1.89 bits per heavy atom. The van der Waals surface area contributed by atoms with Crippen LogP contribution in [0.1, 0.15) is 29.8 Å². The minimum Gasteiger partial charge on any atom is -0.324 e. The van der Waals surface area contributed by atoms with Crippen molar-refractivity contribution in [2.24, 2.45) is 0 Å². The first-order valence-electron chi connectivity index (χ1n) is 6.06. The molecule has 5 nitrogen and oxygen atoms in total. The number of nitrogens with zero attached hydrogens (tertiary/aromatic N) is 1. The molecule has 1 aromatic rings. The predicted molar refractivity (Wildman–Crippen MR) is 69.8 cm³/mol. The van der Waals surface area contributed by atoms with Gasteiger partial charge in [0.05, 0.1) is 6.54 Å². The van der Waals surface area contributed by atoms with E-state index >= 15 is 0 Å². The van der Waals surface area contributed by atoms with E-state index in [1.165, 1.54) is 0 Å². The highest BCUT2D eigenvalue weighted by Crippen LogP contribution is 2.17. The summed E-state index contributed by atoms with van der Waals surface area (Å²) in [7, 11) is 0. The number of nitrogens with one attached hydrogen (secondary N) is 1. The first kappa shape index (κ1) is 13.3. The quantitative estimate of drug-likeness (QED) is 0.661. The van der Waals surface area contributed by atoms with Crippen LogP contribution in [-0.4, -0.2) is 34.7 Å². The normalized spacial score (nSPS) is 17.5. The molecule has 5 heteroatoms. The summed E-state index contributed by atoms with van der Waals surface area (Å²) in [5.74, 6) is -0.612. The van der Waals surface area contributed by atoms with Crippen LogP contribution in [0.2, 0.25) is 0 Å². The monoisotopic (exact) mass is 260 g/mol. The SMILES string of the molecule is Cc1ccccc1C(=O)CN1C(=O)NC(C)(C)C1=O. The lowest BCUT2D eigenvalue weighted by atomic mass is 10.0. The van der Waals surface area contributed by atoms with Crippen LogP contribution >= 0.6 is 0 Å². The fourth-order valence-electron chi connectivity index (χ4n) is 2.08. The number of amides is 3. The third-order valence-electron chi connectivity index (χ3n) is 3.19. The molecule has 1 aromatic carbocycles. The van der Waals surface area contributed by atoms with E-state index in [1.54, 1.807) is 26.0 Å². The molecule has 0 bridgehead atoms. The van der Waals surface area contributed by atoms with Crippen molar-refractivity contribution in [2.45, 2.75) is 26.3 Å². The Bertz CT molecular complexity index is 564. The number of ketones is 1. The standard InChI is InChI=1S/C14H16N2O3/c1-9-6-4-5-7-10(9)11(17)8-16-12(18)14(2,3)15-13(16)19/h4-7H,8H2,1-3H3,(H,15,19). The molecule has 0 saturated carbocycles. The Morgan fingerprint density at radius 3 is 2.42 bits per heavy atom. The number of hydrogen-bond donors (Lipinski definition) is 1. The van der Waals surface area contributed by atoms with Crippen molar-refractivity contribution >= 4 is 17.7 Å². The molecule has 0 aromatic heterocycles. The largest absolute Gasteiger partial charge is 0.325 e. The van der Waals surface area contributed by atoms with Crippen LogP contribution in [-0.2, 0) is 4.79 Å². The van der Waals surface area contributed by atoms with Crippen LogP contribution in [0, 0.1) is 6.92 Å². The minimum atomic E-state index is -0.941. The lowest BCUT2D eigenvalue weighted by Gasteiger charge is -2.15. The Balaban J connectivity index is 2.19. The van der Waals surface area contributed by atoms with Crippen LogP contribution in [0.25, 0.3) is 0 Å². The van der Waals surface area contributed by atoms with Gasteiger partial charge in [-0.05, 0) is 26.3 Å². The van der Waals surface area contributed by atoms with Crippen LogP contribution in [0.3, 0.4) is 0 Å². The van der Waals surface area contributed by atoms with Crippen molar-refractivity contribution in [3.8, 4) is 0 Å². The zero-order valence-corrected chi connectivity index (χ0v) is 11.2.